The quantitative estimate of drug-likeness (QED) is 0.160. The number of fused-ring (bicyclic) bond motifs is 1. The zero-order valence-electron chi connectivity index (χ0n) is 21.2. The van der Waals surface area contributed by atoms with E-state index in [2.05, 4.69) is 4.98 Å². The molecule has 5 rings (SSSR count). The molecule has 0 bridgehead atoms. The molecule has 8 heteroatoms. The molecule has 4 aromatic rings. The molecule has 1 amide bonds. The number of aliphatic hydroxyl groups excluding tert-OH is 1. The predicted molar refractivity (Wildman–Crippen MR) is 148 cm³/mol. The molecule has 1 aliphatic heterocycles. The van der Waals surface area contributed by atoms with Gasteiger partial charge in [-0.3, -0.25) is 14.5 Å². The smallest absolute Gasteiger partial charge is 0.300 e. The number of carbonyl (C=O) groups is 2. The Balaban J connectivity index is 1.79. The third-order valence-corrected chi connectivity index (χ3v) is 6.84. The van der Waals surface area contributed by atoms with Crippen LogP contribution in [0.4, 0.5) is 5.69 Å². The van der Waals surface area contributed by atoms with Gasteiger partial charge in [0.25, 0.3) is 11.7 Å². The molecule has 1 aliphatic rings. The van der Waals surface area contributed by atoms with Gasteiger partial charge < -0.3 is 19.6 Å². The van der Waals surface area contributed by atoms with Crippen molar-refractivity contribution in [3.8, 4) is 11.5 Å². The summed E-state index contributed by atoms with van der Waals surface area (Å²) in [6.07, 6.45) is 0. The van der Waals surface area contributed by atoms with Crippen molar-refractivity contribution in [1.29, 1.82) is 0 Å². The molecule has 0 spiro atoms. The first-order chi connectivity index (χ1) is 18.3. The Hall–Kier alpha value is -4.23. The molecule has 1 fully saturated rings. The van der Waals surface area contributed by atoms with Gasteiger partial charge in [-0.15, -0.1) is 0 Å². The number of hydrogen-bond acceptors (Lipinski definition) is 5. The van der Waals surface area contributed by atoms with Crippen LogP contribution in [0, 0.1) is 6.92 Å². The number of amides is 1. The van der Waals surface area contributed by atoms with E-state index in [4.69, 9.17) is 21.1 Å². The molecule has 1 atom stereocenters. The predicted octanol–water partition coefficient (Wildman–Crippen LogP) is 6.55. The van der Waals surface area contributed by atoms with E-state index in [1.54, 1.807) is 42.5 Å². The number of Topliss-reactive ketones (excluding diaryl/α,β-unsaturated/α-hetero) is 1. The Morgan fingerprint density at radius 2 is 1.71 bits per heavy atom. The Morgan fingerprint density at radius 3 is 2.42 bits per heavy atom. The summed E-state index contributed by atoms with van der Waals surface area (Å²) < 4.78 is 11.4. The molecule has 38 heavy (non-hydrogen) atoms. The third-order valence-electron chi connectivity index (χ3n) is 6.59. The number of hydrogen-bond donors (Lipinski definition) is 2. The average Bonchev–Trinajstić information content (AvgIpc) is 3.37. The Bertz CT molecular complexity index is 1570. The van der Waals surface area contributed by atoms with E-state index < -0.39 is 17.7 Å². The lowest BCUT2D eigenvalue weighted by atomic mass is 9.93. The highest BCUT2D eigenvalue weighted by Crippen LogP contribution is 2.46. The third kappa shape index (κ3) is 4.29. The Kier molecular flexibility index (Phi) is 6.87. The van der Waals surface area contributed by atoms with E-state index in [1.807, 2.05) is 45.0 Å². The first-order valence-corrected chi connectivity index (χ1v) is 12.8. The van der Waals surface area contributed by atoms with Crippen molar-refractivity contribution in [2.45, 2.75) is 26.8 Å². The summed E-state index contributed by atoms with van der Waals surface area (Å²) in [5, 5.41) is 13.1. The number of aliphatic hydroxyl groups is 1. The minimum Gasteiger partial charge on any atom is -0.507 e. The number of H-pyrrole nitrogens is 1. The lowest BCUT2D eigenvalue weighted by molar-refractivity contribution is -0.132. The number of nitrogens with zero attached hydrogens (tertiary/aromatic N) is 1. The SMILES string of the molecule is CCOc1ccc(/C(O)=C2\C(=O)C(=O)N(c3ccc(Cl)cc3)C2c2c(C)[nH]c3ccccc23)c(OCC)c1. The zero-order chi connectivity index (χ0) is 27.0. The standard InChI is InChI=1S/C30H27ClN2O5/c1-4-37-20-14-15-22(24(16-20)38-5-2)28(34)26-27(25-17(3)32-23-9-7-6-8-21(23)25)33(30(36)29(26)35)19-12-10-18(31)11-13-19/h6-16,27,32,34H,4-5H2,1-3H3/b28-26+. The zero-order valence-corrected chi connectivity index (χ0v) is 22.0. The number of aromatic nitrogens is 1. The summed E-state index contributed by atoms with van der Waals surface area (Å²) in [5.74, 6) is -0.932. The van der Waals surface area contributed by atoms with Crippen molar-refractivity contribution in [2.75, 3.05) is 18.1 Å². The van der Waals surface area contributed by atoms with Crippen molar-refractivity contribution in [2.24, 2.45) is 0 Å². The van der Waals surface area contributed by atoms with Crippen LogP contribution in [0.3, 0.4) is 0 Å². The number of ketones is 1. The second-order valence-electron chi connectivity index (χ2n) is 8.88. The summed E-state index contributed by atoms with van der Waals surface area (Å²) in [6, 6.07) is 18.5. The fourth-order valence-corrected chi connectivity index (χ4v) is 5.13. The number of nitrogens with one attached hydrogen (secondary N) is 1. The van der Waals surface area contributed by atoms with E-state index in [0.29, 0.717) is 41.0 Å². The highest BCUT2D eigenvalue weighted by molar-refractivity contribution is 6.52. The van der Waals surface area contributed by atoms with Gasteiger partial charge in [-0.2, -0.15) is 0 Å². The van der Waals surface area contributed by atoms with Crippen molar-refractivity contribution in [3.63, 3.8) is 0 Å². The lowest BCUT2D eigenvalue weighted by Crippen LogP contribution is -2.29. The van der Waals surface area contributed by atoms with Gasteiger partial charge in [0.05, 0.1) is 30.4 Å². The largest absolute Gasteiger partial charge is 0.507 e. The van der Waals surface area contributed by atoms with Crippen LogP contribution < -0.4 is 14.4 Å². The van der Waals surface area contributed by atoms with Crippen LogP contribution >= 0.6 is 11.6 Å². The van der Waals surface area contributed by atoms with Crippen LogP contribution in [0.5, 0.6) is 11.5 Å². The van der Waals surface area contributed by atoms with Crippen molar-refractivity contribution < 1.29 is 24.2 Å². The molecule has 2 heterocycles. The van der Waals surface area contributed by atoms with Gasteiger partial charge in [-0.25, -0.2) is 0 Å². The number of aryl methyl sites for hydroxylation is 1. The summed E-state index contributed by atoms with van der Waals surface area (Å²) in [6.45, 7) is 6.38. The first-order valence-electron chi connectivity index (χ1n) is 12.4. The molecule has 1 aromatic heterocycles. The molecule has 3 aromatic carbocycles. The van der Waals surface area contributed by atoms with Crippen LogP contribution in [-0.4, -0.2) is 35.0 Å². The van der Waals surface area contributed by atoms with Gasteiger partial charge in [0.2, 0.25) is 0 Å². The van der Waals surface area contributed by atoms with Gasteiger partial charge >= 0.3 is 0 Å². The second kappa shape index (κ2) is 10.3. The number of rotatable bonds is 7. The fraction of sp³-hybridized carbons (Fsp3) is 0.200. The molecule has 7 nitrogen and oxygen atoms in total. The average molecular weight is 531 g/mol. The second-order valence-corrected chi connectivity index (χ2v) is 9.32. The van der Waals surface area contributed by atoms with Crippen molar-refractivity contribution >= 4 is 45.6 Å². The fourth-order valence-electron chi connectivity index (χ4n) is 5.00. The maximum absolute atomic E-state index is 13.7. The summed E-state index contributed by atoms with van der Waals surface area (Å²) in [5.41, 5.74) is 3.12. The van der Waals surface area contributed by atoms with Gasteiger partial charge in [-0.1, -0.05) is 29.8 Å². The molecule has 1 unspecified atom stereocenters. The van der Waals surface area contributed by atoms with Gasteiger partial charge in [0.1, 0.15) is 17.3 Å². The maximum Gasteiger partial charge on any atom is 0.300 e. The van der Waals surface area contributed by atoms with E-state index in [0.717, 1.165) is 22.2 Å². The van der Waals surface area contributed by atoms with Crippen molar-refractivity contribution in [1.82, 2.24) is 4.98 Å². The van der Waals surface area contributed by atoms with E-state index in [9.17, 15) is 14.7 Å². The normalized spacial score (nSPS) is 16.8. The molecular formula is C30H27ClN2O5. The number of carbonyl (C=O) groups excluding carboxylic acids is 2. The first kappa shape index (κ1) is 25.4. The van der Waals surface area contributed by atoms with Gasteiger partial charge in [-0.05, 0) is 63.2 Å². The number of halogens is 1. The molecule has 0 aliphatic carbocycles. The number of anilines is 1. The summed E-state index contributed by atoms with van der Waals surface area (Å²) in [4.78, 5) is 32.0. The molecule has 194 valence electrons. The monoisotopic (exact) mass is 530 g/mol. The highest BCUT2D eigenvalue weighted by atomic mass is 35.5. The molecule has 0 radical (unpaired) electrons. The minimum absolute atomic E-state index is 0.0251. The Morgan fingerprint density at radius 1 is 1.00 bits per heavy atom. The maximum atomic E-state index is 13.7. The molecule has 0 saturated carbocycles. The van der Waals surface area contributed by atoms with Crippen LogP contribution in [0.1, 0.15) is 36.7 Å². The minimum atomic E-state index is -0.895. The van der Waals surface area contributed by atoms with Gasteiger partial charge in [0.15, 0.2) is 0 Å². The number of ether oxygens (including phenoxy) is 2. The van der Waals surface area contributed by atoms with E-state index in [-0.39, 0.29) is 11.3 Å². The lowest BCUT2D eigenvalue weighted by Gasteiger charge is -2.26. The molecule has 2 N–H and O–H groups in total. The summed E-state index contributed by atoms with van der Waals surface area (Å²) >= 11 is 6.12. The number of aromatic amines is 1. The molecule has 1 saturated heterocycles. The molecular weight excluding hydrogens is 504 g/mol. The van der Waals surface area contributed by atoms with E-state index in [1.165, 1.54) is 4.90 Å². The van der Waals surface area contributed by atoms with Crippen LogP contribution in [0.15, 0.2) is 72.3 Å². The van der Waals surface area contributed by atoms with Crippen LogP contribution in [0.2, 0.25) is 5.02 Å². The number of benzene rings is 3. The van der Waals surface area contributed by atoms with Crippen LogP contribution in [-0.2, 0) is 9.59 Å². The Labute approximate surface area is 225 Å². The van der Waals surface area contributed by atoms with Gasteiger partial charge in [0, 0.05) is 38.9 Å². The van der Waals surface area contributed by atoms with Crippen molar-refractivity contribution in [3.05, 3.63) is 94.1 Å². The van der Waals surface area contributed by atoms with Crippen LogP contribution in [0.25, 0.3) is 16.7 Å². The van der Waals surface area contributed by atoms with E-state index >= 15 is 0 Å². The topological polar surface area (TPSA) is 91.9 Å². The highest BCUT2D eigenvalue weighted by Gasteiger charge is 2.48. The summed E-state index contributed by atoms with van der Waals surface area (Å²) in [7, 11) is 0. The number of para-hydroxylation sites is 1.